The third-order valence-corrected chi connectivity index (χ3v) is 4.60. The lowest BCUT2D eigenvalue weighted by Crippen LogP contribution is -2.47. The summed E-state index contributed by atoms with van der Waals surface area (Å²) in [5.41, 5.74) is 1.11. The van der Waals surface area contributed by atoms with Crippen LogP contribution >= 0.6 is 12.2 Å². The zero-order valence-electron chi connectivity index (χ0n) is 12.6. The molecule has 8 heteroatoms. The third-order valence-electron chi connectivity index (χ3n) is 4.29. The Bertz CT molecular complexity index is 637. The number of ether oxygens (including phenoxy) is 3. The fraction of sp³-hybridized carbons (Fsp3) is 0.533. The standard InChI is InChI=1S/C15H17N3O4S/c19-14-10-7-12-13(22-9-21-12)8-11(10)16-15(23)18(14)2-1-17-3-5-20-6-4-17/h7-8,12H,1-6,9H2. The second-order valence-electron chi connectivity index (χ2n) is 5.67. The minimum absolute atomic E-state index is 0.112. The van der Waals surface area contributed by atoms with Crippen molar-refractivity contribution in [2.75, 3.05) is 46.2 Å². The number of aliphatic imine (C=N–C) groups is 1. The van der Waals surface area contributed by atoms with Crippen LogP contribution in [0.1, 0.15) is 0 Å². The molecule has 0 spiro atoms. The molecule has 1 atom stereocenters. The molecular weight excluding hydrogens is 318 g/mol. The van der Waals surface area contributed by atoms with E-state index in [2.05, 4.69) is 9.89 Å². The van der Waals surface area contributed by atoms with Gasteiger partial charge in [0.15, 0.2) is 6.79 Å². The molecule has 0 aromatic rings. The number of allylic oxidation sites excluding steroid dienone is 1. The van der Waals surface area contributed by atoms with E-state index in [9.17, 15) is 4.79 Å². The average molecular weight is 335 g/mol. The molecule has 0 saturated carbocycles. The van der Waals surface area contributed by atoms with Gasteiger partial charge in [0.1, 0.15) is 11.9 Å². The molecule has 2 saturated heterocycles. The summed E-state index contributed by atoms with van der Waals surface area (Å²) < 4.78 is 16.1. The molecule has 2 fully saturated rings. The molecule has 23 heavy (non-hydrogen) atoms. The highest BCUT2D eigenvalue weighted by Crippen LogP contribution is 2.28. The van der Waals surface area contributed by atoms with Crippen LogP contribution in [0.3, 0.4) is 0 Å². The summed E-state index contributed by atoms with van der Waals surface area (Å²) in [4.78, 5) is 21.0. The summed E-state index contributed by atoms with van der Waals surface area (Å²) >= 11 is 5.31. The van der Waals surface area contributed by atoms with Crippen molar-refractivity contribution < 1.29 is 19.0 Å². The van der Waals surface area contributed by atoms with Crippen LogP contribution in [0.15, 0.2) is 28.5 Å². The zero-order valence-corrected chi connectivity index (χ0v) is 13.4. The number of carbonyl (C=O) groups excluding carboxylic acids is 1. The number of carbonyl (C=O) groups is 1. The van der Waals surface area contributed by atoms with Crippen molar-refractivity contribution in [3.63, 3.8) is 0 Å². The van der Waals surface area contributed by atoms with Gasteiger partial charge in [-0.2, -0.15) is 0 Å². The van der Waals surface area contributed by atoms with E-state index < -0.39 is 0 Å². The summed E-state index contributed by atoms with van der Waals surface area (Å²) in [5.74, 6) is 0.573. The summed E-state index contributed by atoms with van der Waals surface area (Å²) in [6.07, 6.45) is 3.23. The molecule has 0 radical (unpaired) electrons. The topological polar surface area (TPSA) is 63.6 Å². The molecule has 1 aliphatic carbocycles. The maximum atomic E-state index is 12.8. The molecular formula is C15H17N3O4S. The van der Waals surface area contributed by atoms with Gasteiger partial charge >= 0.3 is 0 Å². The van der Waals surface area contributed by atoms with E-state index in [-0.39, 0.29) is 18.8 Å². The van der Waals surface area contributed by atoms with Crippen LogP contribution in [-0.2, 0) is 19.0 Å². The fourth-order valence-electron chi connectivity index (χ4n) is 2.98. The first-order valence-corrected chi connectivity index (χ1v) is 8.06. The molecule has 0 bridgehead atoms. The highest BCUT2D eigenvalue weighted by atomic mass is 32.1. The van der Waals surface area contributed by atoms with Crippen LogP contribution in [0.2, 0.25) is 0 Å². The van der Waals surface area contributed by atoms with Crippen LogP contribution in [0, 0.1) is 0 Å². The number of fused-ring (bicyclic) bond motifs is 2. The van der Waals surface area contributed by atoms with Gasteiger partial charge in [-0.25, -0.2) is 4.99 Å². The SMILES string of the molecule is O=C1C2=CC3OCOC3=CC2=NC(=S)N1CCN1CCOCC1. The number of hydrogen-bond acceptors (Lipinski definition) is 6. The largest absolute Gasteiger partial charge is 0.469 e. The Kier molecular flexibility index (Phi) is 3.98. The molecule has 0 N–H and O–H groups in total. The number of morpholine rings is 1. The smallest absolute Gasteiger partial charge is 0.262 e. The lowest BCUT2D eigenvalue weighted by atomic mass is 9.98. The molecule has 4 rings (SSSR count). The third kappa shape index (κ3) is 2.83. The predicted molar refractivity (Wildman–Crippen MR) is 86.0 cm³/mol. The molecule has 3 aliphatic heterocycles. The van der Waals surface area contributed by atoms with Gasteiger partial charge in [0.25, 0.3) is 5.91 Å². The first-order chi connectivity index (χ1) is 11.2. The zero-order chi connectivity index (χ0) is 15.8. The predicted octanol–water partition coefficient (Wildman–Crippen LogP) is 0.0835. The summed E-state index contributed by atoms with van der Waals surface area (Å²) in [5, 5.41) is 0.310. The van der Waals surface area contributed by atoms with Crippen molar-refractivity contribution in [3.8, 4) is 0 Å². The summed E-state index contributed by atoms with van der Waals surface area (Å²) in [7, 11) is 0. The lowest BCUT2D eigenvalue weighted by Gasteiger charge is -2.32. The van der Waals surface area contributed by atoms with E-state index >= 15 is 0 Å². The van der Waals surface area contributed by atoms with Gasteiger partial charge in [-0.15, -0.1) is 0 Å². The summed E-state index contributed by atoms with van der Waals surface area (Å²) in [6, 6.07) is 0. The monoisotopic (exact) mass is 335 g/mol. The minimum Gasteiger partial charge on any atom is -0.469 e. The van der Waals surface area contributed by atoms with E-state index in [0.717, 1.165) is 32.8 Å². The first kappa shape index (κ1) is 14.9. The van der Waals surface area contributed by atoms with Crippen LogP contribution in [0.25, 0.3) is 0 Å². The quantitative estimate of drug-likeness (QED) is 0.681. The molecule has 3 heterocycles. The van der Waals surface area contributed by atoms with Gasteiger partial charge in [-0.3, -0.25) is 14.6 Å². The molecule has 7 nitrogen and oxygen atoms in total. The van der Waals surface area contributed by atoms with E-state index in [1.54, 1.807) is 17.1 Å². The Hall–Kier alpha value is -1.61. The van der Waals surface area contributed by atoms with E-state index in [0.29, 0.717) is 28.7 Å². The van der Waals surface area contributed by atoms with Gasteiger partial charge < -0.3 is 14.2 Å². The number of amides is 1. The minimum atomic E-state index is -0.291. The van der Waals surface area contributed by atoms with E-state index in [1.165, 1.54) is 0 Å². The Labute approximate surface area is 139 Å². The molecule has 1 unspecified atom stereocenters. The summed E-state index contributed by atoms with van der Waals surface area (Å²) in [6.45, 7) is 4.72. The molecule has 1 amide bonds. The normalized spacial score (nSPS) is 27.7. The van der Waals surface area contributed by atoms with Crippen molar-refractivity contribution in [2.24, 2.45) is 4.99 Å². The highest BCUT2D eigenvalue weighted by molar-refractivity contribution is 7.80. The number of hydrogen-bond donors (Lipinski definition) is 0. The Balaban J connectivity index is 1.50. The molecule has 122 valence electrons. The molecule has 0 aromatic carbocycles. The average Bonchev–Trinajstić information content (AvgIpc) is 3.01. The van der Waals surface area contributed by atoms with E-state index in [4.69, 9.17) is 26.4 Å². The van der Waals surface area contributed by atoms with Gasteiger partial charge in [0, 0.05) is 32.3 Å². The second-order valence-corrected chi connectivity index (χ2v) is 6.03. The number of nitrogens with zero attached hydrogens (tertiary/aromatic N) is 3. The Morgan fingerprint density at radius 1 is 1.30 bits per heavy atom. The van der Waals surface area contributed by atoms with Crippen molar-refractivity contribution in [2.45, 2.75) is 6.10 Å². The maximum absolute atomic E-state index is 12.8. The van der Waals surface area contributed by atoms with Crippen molar-refractivity contribution >= 4 is 28.9 Å². The second kappa shape index (κ2) is 6.12. The highest BCUT2D eigenvalue weighted by Gasteiger charge is 2.36. The van der Waals surface area contributed by atoms with Gasteiger partial charge in [0.2, 0.25) is 5.11 Å². The Morgan fingerprint density at radius 2 is 2.13 bits per heavy atom. The molecule has 4 aliphatic rings. The Morgan fingerprint density at radius 3 is 2.96 bits per heavy atom. The van der Waals surface area contributed by atoms with Crippen LogP contribution in [0.4, 0.5) is 0 Å². The van der Waals surface area contributed by atoms with Crippen molar-refractivity contribution in [3.05, 3.63) is 23.5 Å². The number of rotatable bonds is 3. The van der Waals surface area contributed by atoms with Gasteiger partial charge in [-0.05, 0) is 18.3 Å². The van der Waals surface area contributed by atoms with Crippen LogP contribution in [0.5, 0.6) is 0 Å². The number of thiocarbonyl (C=S) groups is 1. The maximum Gasteiger partial charge on any atom is 0.262 e. The fourth-order valence-corrected chi connectivity index (χ4v) is 3.25. The van der Waals surface area contributed by atoms with Crippen molar-refractivity contribution in [1.82, 2.24) is 9.80 Å². The van der Waals surface area contributed by atoms with Gasteiger partial charge in [-0.1, -0.05) is 0 Å². The molecule has 0 aromatic heterocycles. The lowest BCUT2D eigenvalue weighted by molar-refractivity contribution is -0.123. The van der Waals surface area contributed by atoms with E-state index in [1.807, 2.05) is 0 Å². The first-order valence-electron chi connectivity index (χ1n) is 7.65. The van der Waals surface area contributed by atoms with Crippen LogP contribution in [-0.4, -0.2) is 78.8 Å². The van der Waals surface area contributed by atoms with Crippen LogP contribution < -0.4 is 0 Å². The van der Waals surface area contributed by atoms with Gasteiger partial charge in [0.05, 0.1) is 24.5 Å². The van der Waals surface area contributed by atoms with Crippen molar-refractivity contribution in [1.29, 1.82) is 0 Å².